The summed E-state index contributed by atoms with van der Waals surface area (Å²) in [6, 6.07) is 16.0. The van der Waals surface area contributed by atoms with E-state index in [0.717, 1.165) is 27.7 Å². The number of nitrogens with one attached hydrogen (secondary N) is 1. The Morgan fingerprint density at radius 2 is 2.00 bits per heavy atom. The molecule has 3 N–H and O–H groups in total. The number of nitrogen functional groups attached to an aromatic ring is 1. The second-order valence-electron chi connectivity index (χ2n) is 5.10. The van der Waals surface area contributed by atoms with Crippen LogP contribution in [0.25, 0.3) is 22.2 Å². The maximum atomic E-state index is 9.58. The topological polar surface area (TPSA) is 74.8 Å². The normalized spacial score (nSPS) is 10.7. The average Bonchev–Trinajstić information content (AvgIpc) is 2.93. The summed E-state index contributed by atoms with van der Waals surface area (Å²) in [6.07, 6.45) is 0. The van der Waals surface area contributed by atoms with Crippen molar-refractivity contribution in [3.63, 3.8) is 0 Å². The Morgan fingerprint density at radius 1 is 1.23 bits per heavy atom. The number of nitrogens with zero attached hydrogens (tertiary/aromatic N) is 1. The Kier molecular flexibility index (Phi) is 3.82. The number of H-pyrrole nitrogens is 1. The highest BCUT2D eigenvalue weighted by Crippen LogP contribution is 2.33. The van der Waals surface area contributed by atoms with Gasteiger partial charge in [-0.1, -0.05) is 30.3 Å². The molecule has 1 heterocycles. The number of fused-ring (bicyclic) bond motifs is 1. The highest BCUT2D eigenvalue weighted by Gasteiger charge is 2.15. The minimum absolute atomic E-state index is 0.493. The van der Waals surface area contributed by atoms with Gasteiger partial charge in [0.05, 0.1) is 29.1 Å². The Balaban J connectivity index is 2.20. The van der Waals surface area contributed by atoms with Gasteiger partial charge in [0.15, 0.2) is 0 Å². The Hall–Kier alpha value is -2.77. The van der Waals surface area contributed by atoms with Gasteiger partial charge in [0.25, 0.3) is 0 Å². The number of ether oxygens (including phenoxy) is 1. The lowest BCUT2D eigenvalue weighted by Gasteiger charge is -2.04. The van der Waals surface area contributed by atoms with Gasteiger partial charge in [0, 0.05) is 12.0 Å². The summed E-state index contributed by atoms with van der Waals surface area (Å²) >= 11 is 0. The molecule has 3 rings (SSSR count). The maximum absolute atomic E-state index is 9.58. The molecular formula is C18H17N3O. The Morgan fingerprint density at radius 3 is 2.68 bits per heavy atom. The van der Waals surface area contributed by atoms with E-state index in [1.54, 1.807) is 0 Å². The minimum Gasteiger partial charge on any atom is -0.397 e. The zero-order chi connectivity index (χ0) is 15.5. The van der Waals surface area contributed by atoms with Gasteiger partial charge in [0.1, 0.15) is 6.07 Å². The molecule has 3 aromatic rings. The molecule has 2 aromatic carbocycles. The third-order valence-electron chi connectivity index (χ3n) is 3.65. The van der Waals surface area contributed by atoms with Crippen molar-refractivity contribution in [1.82, 2.24) is 4.98 Å². The molecular weight excluding hydrogens is 274 g/mol. The molecule has 0 aliphatic heterocycles. The molecule has 110 valence electrons. The van der Waals surface area contributed by atoms with Gasteiger partial charge in [-0.3, -0.25) is 0 Å². The summed E-state index contributed by atoms with van der Waals surface area (Å²) < 4.78 is 5.44. The maximum Gasteiger partial charge on any atom is 0.102 e. The van der Waals surface area contributed by atoms with Crippen LogP contribution in [-0.2, 0) is 11.3 Å². The first-order valence-corrected chi connectivity index (χ1v) is 7.22. The molecule has 0 saturated heterocycles. The van der Waals surface area contributed by atoms with Crippen molar-refractivity contribution in [2.24, 2.45) is 0 Å². The fraction of sp³-hybridized carbons (Fsp3) is 0.167. The van der Waals surface area contributed by atoms with Crippen molar-refractivity contribution >= 4 is 16.6 Å². The van der Waals surface area contributed by atoms with Crippen molar-refractivity contribution in [2.45, 2.75) is 13.5 Å². The number of rotatable bonds is 4. The predicted octanol–water partition coefficient (Wildman–Crippen LogP) is 3.83. The monoisotopic (exact) mass is 291 g/mol. The smallest absolute Gasteiger partial charge is 0.102 e. The van der Waals surface area contributed by atoms with Crippen molar-refractivity contribution in [3.8, 4) is 17.3 Å². The molecule has 22 heavy (non-hydrogen) atoms. The largest absolute Gasteiger partial charge is 0.397 e. The molecule has 4 heteroatoms. The lowest BCUT2D eigenvalue weighted by atomic mass is 10.0. The third-order valence-corrected chi connectivity index (χ3v) is 3.65. The van der Waals surface area contributed by atoms with Crippen LogP contribution in [0.15, 0.2) is 42.5 Å². The number of aromatic amines is 1. The summed E-state index contributed by atoms with van der Waals surface area (Å²) in [7, 11) is 0. The van der Waals surface area contributed by atoms with Crippen LogP contribution in [-0.4, -0.2) is 11.6 Å². The number of nitrogens with two attached hydrogens (primary N) is 1. The van der Waals surface area contributed by atoms with E-state index < -0.39 is 0 Å². The summed E-state index contributed by atoms with van der Waals surface area (Å²) in [6.45, 7) is 3.09. The van der Waals surface area contributed by atoms with E-state index in [4.69, 9.17) is 10.5 Å². The molecule has 1 aromatic heterocycles. The van der Waals surface area contributed by atoms with Crippen molar-refractivity contribution in [3.05, 3.63) is 53.6 Å². The Labute approximate surface area is 129 Å². The average molecular weight is 291 g/mol. The SMILES string of the molecule is CCOCc1cc(N)c2[nH]c(-c3ccccc3)c(C#N)c2c1. The lowest BCUT2D eigenvalue weighted by molar-refractivity contribution is 0.134. The highest BCUT2D eigenvalue weighted by molar-refractivity contribution is 5.99. The second kappa shape index (κ2) is 5.92. The first kappa shape index (κ1) is 14.2. The number of benzene rings is 2. The quantitative estimate of drug-likeness (QED) is 0.717. The van der Waals surface area contributed by atoms with Crippen LogP contribution in [0.2, 0.25) is 0 Å². The van der Waals surface area contributed by atoms with E-state index >= 15 is 0 Å². The summed E-state index contributed by atoms with van der Waals surface area (Å²) in [5.74, 6) is 0. The van der Waals surface area contributed by atoms with Gasteiger partial charge in [-0.15, -0.1) is 0 Å². The van der Waals surface area contributed by atoms with E-state index in [9.17, 15) is 5.26 Å². The molecule has 0 aliphatic carbocycles. The molecule has 0 fully saturated rings. The second-order valence-corrected chi connectivity index (χ2v) is 5.10. The first-order chi connectivity index (χ1) is 10.7. The molecule has 0 amide bonds. The predicted molar refractivity (Wildman–Crippen MR) is 88.2 cm³/mol. The number of aromatic nitrogens is 1. The van der Waals surface area contributed by atoms with Crippen LogP contribution in [0.3, 0.4) is 0 Å². The van der Waals surface area contributed by atoms with Crippen LogP contribution >= 0.6 is 0 Å². The van der Waals surface area contributed by atoms with Gasteiger partial charge >= 0.3 is 0 Å². The van der Waals surface area contributed by atoms with Crippen molar-refractivity contribution in [1.29, 1.82) is 5.26 Å². The highest BCUT2D eigenvalue weighted by atomic mass is 16.5. The molecule has 0 atom stereocenters. The van der Waals surface area contributed by atoms with E-state index in [2.05, 4.69) is 11.1 Å². The van der Waals surface area contributed by atoms with Crippen LogP contribution in [0.4, 0.5) is 5.69 Å². The molecule has 0 spiro atoms. The Bertz CT molecular complexity index is 844. The van der Waals surface area contributed by atoms with E-state index in [0.29, 0.717) is 24.5 Å². The van der Waals surface area contributed by atoms with Gasteiger partial charge < -0.3 is 15.5 Å². The van der Waals surface area contributed by atoms with Gasteiger partial charge in [-0.05, 0) is 30.2 Å². The van der Waals surface area contributed by atoms with Crippen LogP contribution in [0.1, 0.15) is 18.1 Å². The number of anilines is 1. The zero-order valence-electron chi connectivity index (χ0n) is 12.4. The third kappa shape index (κ3) is 2.43. The molecule has 0 bridgehead atoms. The van der Waals surface area contributed by atoms with Gasteiger partial charge in [0.2, 0.25) is 0 Å². The van der Waals surface area contributed by atoms with E-state index in [1.807, 2.05) is 49.4 Å². The molecule has 0 unspecified atom stereocenters. The molecule has 0 aliphatic rings. The number of hydrogen-bond donors (Lipinski definition) is 2. The van der Waals surface area contributed by atoms with E-state index in [-0.39, 0.29) is 0 Å². The summed E-state index contributed by atoms with van der Waals surface area (Å²) in [4.78, 5) is 3.29. The number of nitriles is 1. The zero-order valence-corrected chi connectivity index (χ0v) is 12.4. The first-order valence-electron chi connectivity index (χ1n) is 7.22. The summed E-state index contributed by atoms with van der Waals surface area (Å²) in [5, 5.41) is 10.4. The fourth-order valence-corrected chi connectivity index (χ4v) is 2.63. The number of hydrogen-bond acceptors (Lipinski definition) is 3. The van der Waals surface area contributed by atoms with E-state index in [1.165, 1.54) is 0 Å². The molecule has 4 nitrogen and oxygen atoms in total. The van der Waals surface area contributed by atoms with Gasteiger partial charge in [-0.25, -0.2) is 0 Å². The van der Waals surface area contributed by atoms with Gasteiger partial charge in [-0.2, -0.15) is 5.26 Å². The van der Waals surface area contributed by atoms with Crippen LogP contribution in [0.5, 0.6) is 0 Å². The molecule has 0 saturated carbocycles. The summed E-state index contributed by atoms with van der Waals surface area (Å²) in [5.41, 5.74) is 10.9. The van der Waals surface area contributed by atoms with Crippen LogP contribution < -0.4 is 5.73 Å². The van der Waals surface area contributed by atoms with Crippen molar-refractivity contribution < 1.29 is 4.74 Å². The molecule has 0 radical (unpaired) electrons. The fourth-order valence-electron chi connectivity index (χ4n) is 2.63. The standard InChI is InChI=1S/C18H17N3O/c1-2-22-11-12-8-14-15(10-19)17(13-6-4-3-5-7-13)21-18(14)16(20)9-12/h3-9,21H,2,11,20H2,1H3. The lowest BCUT2D eigenvalue weighted by Crippen LogP contribution is -1.95. The minimum atomic E-state index is 0.493. The van der Waals surface area contributed by atoms with Crippen LogP contribution in [0, 0.1) is 11.3 Å². The van der Waals surface area contributed by atoms with Crippen molar-refractivity contribution in [2.75, 3.05) is 12.3 Å².